The number of esters is 1. The fourth-order valence-electron chi connectivity index (χ4n) is 6.38. The van der Waals surface area contributed by atoms with Gasteiger partial charge in [-0.15, -0.1) is 0 Å². The van der Waals surface area contributed by atoms with Crippen molar-refractivity contribution < 1.29 is 38.1 Å². The Kier molecular flexibility index (Phi) is 11.9. The fourth-order valence-corrected chi connectivity index (χ4v) is 6.38. The number of carbonyl (C=O) groups is 3. The molecule has 262 valence electrons. The molecule has 5 rings (SSSR count). The summed E-state index contributed by atoms with van der Waals surface area (Å²) in [6, 6.07) is 3.15. The van der Waals surface area contributed by atoms with E-state index >= 15 is 4.39 Å². The number of aliphatic hydroxyl groups is 1. The highest BCUT2D eigenvalue weighted by atomic mass is 19.1. The Morgan fingerprint density at radius 2 is 1.79 bits per heavy atom. The standard InChI is InChI=1S/C35H48FN5O7/c1-23-5-7-27(42)20-33(44)48-34(24(2)6-8-31(23)47-35(45)40-11-9-38(4)10-12-40)25(3)17-26-18-29(36)28-21-37-41(30(28)19-26)22-32(43)39-13-15-46-16-14-39/h6,8,17-19,21,23-24,27,31,34,42H,5,7,9-16,20,22H2,1-4H3/b8-6+,25-17+/t23-,24-,27+,31-,34-/m0/s1. The van der Waals surface area contributed by atoms with E-state index in [2.05, 4.69) is 10.00 Å². The molecular weight excluding hydrogens is 621 g/mol. The SMILES string of the molecule is C/C(=C\c1cc(F)c2cnn(CC(=O)N3CCOCC3)c2c1)[C@H]1OC(=O)C[C@H](O)CC[C@H](C)[C@@H](OC(=O)N2CCN(C)CC2)/C=C/[C@@H]1C. The summed E-state index contributed by atoms with van der Waals surface area (Å²) >= 11 is 0. The van der Waals surface area contributed by atoms with Gasteiger partial charge in [-0.05, 0) is 62.1 Å². The van der Waals surface area contributed by atoms with Gasteiger partial charge in [-0.1, -0.05) is 26.0 Å². The number of carbonyl (C=O) groups excluding carboxylic acids is 3. The summed E-state index contributed by atoms with van der Waals surface area (Å²) in [5.41, 5.74) is 1.64. The third kappa shape index (κ3) is 9.00. The third-order valence-electron chi connectivity index (χ3n) is 9.48. The van der Waals surface area contributed by atoms with Crippen molar-refractivity contribution in [1.82, 2.24) is 24.5 Å². The summed E-state index contributed by atoms with van der Waals surface area (Å²) in [6.45, 7) is 10.3. The first kappa shape index (κ1) is 35.5. The second kappa shape index (κ2) is 16.1. The number of piperazine rings is 1. The molecule has 3 aliphatic heterocycles. The summed E-state index contributed by atoms with van der Waals surface area (Å²) in [6.07, 6.45) is 5.09. The Bertz CT molecular complexity index is 1510. The van der Waals surface area contributed by atoms with E-state index in [-0.39, 0.29) is 36.8 Å². The van der Waals surface area contributed by atoms with Crippen LogP contribution in [0.25, 0.3) is 17.0 Å². The van der Waals surface area contributed by atoms with Crippen LogP contribution >= 0.6 is 0 Å². The number of amides is 2. The average molecular weight is 670 g/mol. The number of rotatable bonds is 5. The molecule has 4 heterocycles. The molecule has 0 aliphatic carbocycles. The van der Waals surface area contributed by atoms with Crippen LogP contribution in [0.5, 0.6) is 0 Å². The minimum absolute atomic E-state index is 0.0293. The van der Waals surface area contributed by atoms with Crippen LogP contribution in [-0.4, -0.2) is 125 Å². The van der Waals surface area contributed by atoms with Gasteiger partial charge in [-0.25, -0.2) is 9.18 Å². The van der Waals surface area contributed by atoms with Gasteiger partial charge in [0, 0.05) is 45.2 Å². The summed E-state index contributed by atoms with van der Waals surface area (Å²) in [4.78, 5) is 44.5. The summed E-state index contributed by atoms with van der Waals surface area (Å²) in [5.74, 6) is -1.58. The molecule has 3 aliphatic rings. The van der Waals surface area contributed by atoms with Crippen LogP contribution in [0.4, 0.5) is 9.18 Å². The van der Waals surface area contributed by atoms with Gasteiger partial charge in [0.05, 0.1) is 42.8 Å². The largest absolute Gasteiger partial charge is 0.457 e. The zero-order chi connectivity index (χ0) is 34.4. The molecule has 0 bridgehead atoms. The number of nitrogens with zero attached hydrogens (tertiary/aromatic N) is 5. The second-order valence-electron chi connectivity index (χ2n) is 13.3. The minimum Gasteiger partial charge on any atom is -0.457 e. The van der Waals surface area contributed by atoms with E-state index in [9.17, 15) is 19.5 Å². The first-order valence-electron chi connectivity index (χ1n) is 16.9. The highest BCUT2D eigenvalue weighted by Gasteiger charge is 2.29. The summed E-state index contributed by atoms with van der Waals surface area (Å²) < 4.78 is 34.1. The third-order valence-corrected chi connectivity index (χ3v) is 9.48. The molecule has 0 radical (unpaired) electrons. The van der Waals surface area contributed by atoms with Gasteiger partial charge in [-0.3, -0.25) is 14.3 Å². The lowest BCUT2D eigenvalue weighted by Crippen LogP contribution is -2.48. The normalized spacial score (nSPS) is 27.6. The van der Waals surface area contributed by atoms with Gasteiger partial charge >= 0.3 is 12.1 Å². The van der Waals surface area contributed by atoms with E-state index in [0.717, 1.165) is 13.1 Å². The fraction of sp³-hybridized carbons (Fsp3) is 0.600. The van der Waals surface area contributed by atoms with E-state index in [4.69, 9.17) is 14.2 Å². The molecule has 1 aromatic heterocycles. The minimum atomic E-state index is -0.908. The average Bonchev–Trinajstić information content (AvgIpc) is 3.47. The molecular formula is C35H48FN5O7. The van der Waals surface area contributed by atoms with Crippen molar-refractivity contribution in [1.29, 1.82) is 0 Å². The van der Waals surface area contributed by atoms with Crippen molar-refractivity contribution in [3.63, 3.8) is 0 Å². The lowest BCUT2D eigenvalue weighted by molar-refractivity contribution is -0.151. The lowest BCUT2D eigenvalue weighted by atomic mass is 9.91. The van der Waals surface area contributed by atoms with E-state index < -0.39 is 30.1 Å². The van der Waals surface area contributed by atoms with Crippen molar-refractivity contribution in [3.8, 4) is 0 Å². The maximum atomic E-state index is 15.3. The van der Waals surface area contributed by atoms with Crippen LogP contribution in [0.3, 0.4) is 0 Å². The van der Waals surface area contributed by atoms with E-state index in [1.807, 2.05) is 33.0 Å². The van der Waals surface area contributed by atoms with Crippen LogP contribution in [0.1, 0.15) is 45.6 Å². The number of ether oxygens (including phenoxy) is 3. The number of aromatic nitrogens is 2. The number of morpholine rings is 1. The van der Waals surface area contributed by atoms with Gasteiger partial charge in [0.25, 0.3) is 0 Å². The Morgan fingerprint density at radius 3 is 2.52 bits per heavy atom. The number of benzene rings is 1. The molecule has 5 atom stereocenters. The molecule has 0 saturated carbocycles. The summed E-state index contributed by atoms with van der Waals surface area (Å²) in [7, 11) is 2.02. The zero-order valence-electron chi connectivity index (χ0n) is 28.3. The molecule has 0 unspecified atom stereocenters. The zero-order valence-corrected chi connectivity index (χ0v) is 28.3. The van der Waals surface area contributed by atoms with Crippen molar-refractivity contribution in [3.05, 3.63) is 47.4 Å². The van der Waals surface area contributed by atoms with Gasteiger partial charge in [0.1, 0.15) is 24.6 Å². The molecule has 12 nitrogen and oxygen atoms in total. The second-order valence-corrected chi connectivity index (χ2v) is 13.3. The van der Waals surface area contributed by atoms with E-state index in [1.54, 1.807) is 28.9 Å². The van der Waals surface area contributed by atoms with Crippen LogP contribution in [-0.2, 0) is 30.3 Å². The first-order valence-corrected chi connectivity index (χ1v) is 16.9. The molecule has 2 saturated heterocycles. The smallest absolute Gasteiger partial charge is 0.410 e. The first-order chi connectivity index (χ1) is 23.0. The van der Waals surface area contributed by atoms with Crippen LogP contribution in [0.2, 0.25) is 0 Å². The van der Waals surface area contributed by atoms with Gasteiger partial charge < -0.3 is 34.0 Å². The van der Waals surface area contributed by atoms with Crippen LogP contribution in [0.15, 0.2) is 36.1 Å². The van der Waals surface area contributed by atoms with E-state index in [0.29, 0.717) is 74.3 Å². The van der Waals surface area contributed by atoms with Crippen molar-refractivity contribution in [2.45, 2.75) is 64.9 Å². The Labute approximate surface area is 281 Å². The highest BCUT2D eigenvalue weighted by molar-refractivity contribution is 5.84. The summed E-state index contributed by atoms with van der Waals surface area (Å²) in [5, 5.41) is 15.2. The molecule has 48 heavy (non-hydrogen) atoms. The quantitative estimate of drug-likeness (QED) is 0.376. The molecule has 2 amide bonds. The Hall–Kier alpha value is -3.81. The number of fused-ring (bicyclic) bond motifs is 1. The number of hydrogen-bond donors (Lipinski definition) is 1. The van der Waals surface area contributed by atoms with Crippen LogP contribution < -0.4 is 0 Å². The van der Waals surface area contributed by atoms with Gasteiger partial charge in [0.2, 0.25) is 5.91 Å². The highest BCUT2D eigenvalue weighted by Crippen LogP contribution is 2.27. The van der Waals surface area contributed by atoms with Crippen LogP contribution in [0, 0.1) is 17.7 Å². The van der Waals surface area contributed by atoms with Crippen molar-refractivity contribution in [2.75, 3.05) is 59.5 Å². The molecule has 1 aromatic carbocycles. The number of likely N-dealkylation sites (N-methyl/N-ethyl adjacent to an activating group) is 1. The molecule has 0 spiro atoms. The number of hydrogen-bond acceptors (Lipinski definition) is 9. The monoisotopic (exact) mass is 669 g/mol. The Balaban J connectivity index is 1.38. The number of halogens is 1. The van der Waals surface area contributed by atoms with Crippen molar-refractivity contribution in [2.24, 2.45) is 11.8 Å². The maximum absolute atomic E-state index is 15.3. The Morgan fingerprint density at radius 1 is 1.06 bits per heavy atom. The predicted molar refractivity (Wildman–Crippen MR) is 177 cm³/mol. The maximum Gasteiger partial charge on any atom is 0.410 e. The topological polar surface area (TPSA) is 127 Å². The molecule has 2 aromatic rings. The van der Waals surface area contributed by atoms with Crippen molar-refractivity contribution >= 4 is 34.9 Å². The lowest BCUT2D eigenvalue weighted by Gasteiger charge is -2.33. The van der Waals surface area contributed by atoms with Gasteiger partial charge in [0.15, 0.2) is 0 Å². The molecule has 13 heteroatoms. The number of cyclic esters (lactones) is 1. The van der Waals surface area contributed by atoms with Gasteiger partial charge in [-0.2, -0.15) is 5.10 Å². The van der Waals surface area contributed by atoms with E-state index in [1.165, 1.54) is 16.9 Å². The molecule has 1 N–H and O–H groups in total. The predicted octanol–water partition coefficient (Wildman–Crippen LogP) is 3.48. The molecule has 2 fully saturated rings. The number of aliphatic hydroxyl groups excluding tert-OH is 1.